The summed E-state index contributed by atoms with van der Waals surface area (Å²) in [4.78, 5) is 2.71. The zero-order valence-corrected chi connectivity index (χ0v) is 16.3. The average molecular weight is 312 g/mol. The lowest BCUT2D eigenvalue weighted by atomic mass is 10.1. The highest BCUT2D eigenvalue weighted by Gasteiger charge is 2.08. The van der Waals surface area contributed by atoms with Gasteiger partial charge in [0.2, 0.25) is 0 Å². The SMILES string of the molecule is CCCCCCCCCN(CCCCCCCCC)C(C)C. The first-order valence-corrected chi connectivity index (χ1v) is 10.5. The summed E-state index contributed by atoms with van der Waals surface area (Å²) in [6, 6.07) is 0.722. The summed E-state index contributed by atoms with van der Waals surface area (Å²) in [6.07, 6.45) is 19.9. The van der Waals surface area contributed by atoms with E-state index in [0.717, 1.165) is 6.04 Å². The van der Waals surface area contributed by atoms with Crippen molar-refractivity contribution in [2.75, 3.05) is 13.1 Å². The maximum Gasteiger partial charge on any atom is 0.00385 e. The third kappa shape index (κ3) is 14.9. The second-order valence-corrected chi connectivity index (χ2v) is 7.37. The molecule has 0 N–H and O–H groups in total. The van der Waals surface area contributed by atoms with Crippen molar-refractivity contribution < 1.29 is 0 Å². The van der Waals surface area contributed by atoms with E-state index in [1.165, 1.54) is 103 Å². The van der Waals surface area contributed by atoms with Crippen LogP contribution in [0, 0.1) is 0 Å². The molecule has 134 valence electrons. The molecule has 0 fully saturated rings. The molecule has 0 aliphatic heterocycles. The minimum Gasteiger partial charge on any atom is -0.301 e. The van der Waals surface area contributed by atoms with Gasteiger partial charge in [0.1, 0.15) is 0 Å². The van der Waals surface area contributed by atoms with Gasteiger partial charge in [0.15, 0.2) is 0 Å². The fraction of sp³-hybridized carbons (Fsp3) is 1.00. The standard InChI is InChI=1S/C21H45N/c1-5-7-9-11-13-15-17-19-22(21(3)4)20-18-16-14-12-10-8-6-2/h21H,5-20H2,1-4H3. The van der Waals surface area contributed by atoms with Gasteiger partial charge in [-0.25, -0.2) is 0 Å². The summed E-state index contributed by atoms with van der Waals surface area (Å²) >= 11 is 0. The highest BCUT2D eigenvalue weighted by atomic mass is 15.1. The zero-order valence-electron chi connectivity index (χ0n) is 16.3. The number of unbranched alkanes of at least 4 members (excludes halogenated alkanes) is 12. The Bertz CT molecular complexity index is 182. The van der Waals surface area contributed by atoms with Gasteiger partial charge in [0, 0.05) is 6.04 Å². The van der Waals surface area contributed by atoms with Crippen LogP contribution in [0.3, 0.4) is 0 Å². The smallest absolute Gasteiger partial charge is 0.00385 e. The molecule has 0 bridgehead atoms. The van der Waals surface area contributed by atoms with E-state index in [1.54, 1.807) is 0 Å². The molecule has 0 aliphatic carbocycles. The average Bonchev–Trinajstić information content (AvgIpc) is 2.50. The van der Waals surface area contributed by atoms with Gasteiger partial charge in [-0.3, -0.25) is 0 Å². The third-order valence-corrected chi connectivity index (χ3v) is 4.83. The van der Waals surface area contributed by atoms with Crippen LogP contribution in [0.2, 0.25) is 0 Å². The van der Waals surface area contributed by atoms with Gasteiger partial charge < -0.3 is 4.90 Å². The van der Waals surface area contributed by atoms with E-state index in [1.807, 2.05) is 0 Å². The molecule has 0 saturated carbocycles. The molecule has 1 nitrogen and oxygen atoms in total. The van der Waals surface area contributed by atoms with Crippen LogP contribution in [0.5, 0.6) is 0 Å². The third-order valence-electron chi connectivity index (χ3n) is 4.83. The van der Waals surface area contributed by atoms with Crippen LogP contribution in [0.15, 0.2) is 0 Å². The molecule has 0 heterocycles. The van der Waals surface area contributed by atoms with E-state index in [0.29, 0.717) is 0 Å². The van der Waals surface area contributed by atoms with Crippen molar-refractivity contribution in [2.24, 2.45) is 0 Å². The highest BCUT2D eigenvalue weighted by molar-refractivity contribution is 4.63. The van der Waals surface area contributed by atoms with Crippen LogP contribution >= 0.6 is 0 Å². The van der Waals surface area contributed by atoms with Crippen molar-refractivity contribution in [1.82, 2.24) is 4.90 Å². The van der Waals surface area contributed by atoms with E-state index in [2.05, 4.69) is 32.6 Å². The van der Waals surface area contributed by atoms with Crippen LogP contribution in [0.4, 0.5) is 0 Å². The number of hydrogen-bond acceptors (Lipinski definition) is 1. The first kappa shape index (κ1) is 22.0. The fourth-order valence-corrected chi connectivity index (χ4v) is 3.17. The van der Waals surface area contributed by atoms with Gasteiger partial charge in [-0.15, -0.1) is 0 Å². The summed E-state index contributed by atoms with van der Waals surface area (Å²) in [7, 11) is 0. The van der Waals surface area contributed by atoms with E-state index >= 15 is 0 Å². The van der Waals surface area contributed by atoms with Crippen molar-refractivity contribution in [3.63, 3.8) is 0 Å². The topological polar surface area (TPSA) is 3.24 Å². The summed E-state index contributed by atoms with van der Waals surface area (Å²) in [5.41, 5.74) is 0. The normalized spacial score (nSPS) is 11.7. The Hall–Kier alpha value is -0.0400. The van der Waals surface area contributed by atoms with E-state index in [-0.39, 0.29) is 0 Å². The van der Waals surface area contributed by atoms with Crippen molar-refractivity contribution >= 4 is 0 Å². The summed E-state index contributed by atoms with van der Waals surface area (Å²) in [5.74, 6) is 0. The Morgan fingerprint density at radius 2 is 0.818 bits per heavy atom. The molecule has 0 rings (SSSR count). The largest absolute Gasteiger partial charge is 0.301 e. The Labute approximate surface area is 142 Å². The molecule has 0 unspecified atom stereocenters. The quantitative estimate of drug-likeness (QED) is 0.257. The maximum atomic E-state index is 2.71. The minimum atomic E-state index is 0.722. The zero-order chi connectivity index (χ0) is 16.5. The van der Waals surface area contributed by atoms with Crippen LogP contribution in [0.1, 0.15) is 118 Å². The molecule has 22 heavy (non-hydrogen) atoms. The first-order chi connectivity index (χ1) is 10.7. The Morgan fingerprint density at radius 1 is 0.500 bits per heavy atom. The monoisotopic (exact) mass is 311 g/mol. The molecule has 0 aromatic carbocycles. The number of nitrogens with zero attached hydrogens (tertiary/aromatic N) is 1. The molecule has 0 aromatic heterocycles. The lowest BCUT2D eigenvalue weighted by Gasteiger charge is -2.26. The van der Waals surface area contributed by atoms with Gasteiger partial charge in [0.05, 0.1) is 0 Å². The molecule has 0 aromatic rings. The second kappa shape index (κ2) is 17.3. The molecular weight excluding hydrogens is 266 g/mol. The molecule has 0 saturated heterocycles. The van der Waals surface area contributed by atoms with E-state index in [9.17, 15) is 0 Å². The van der Waals surface area contributed by atoms with Crippen molar-refractivity contribution in [3.05, 3.63) is 0 Å². The predicted octanol–water partition coefficient (Wildman–Crippen LogP) is 7.20. The molecule has 1 heteroatoms. The lowest BCUT2D eigenvalue weighted by molar-refractivity contribution is 0.211. The number of hydrogen-bond donors (Lipinski definition) is 0. The Morgan fingerprint density at radius 3 is 1.14 bits per heavy atom. The van der Waals surface area contributed by atoms with Gasteiger partial charge in [-0.2, -0.15) is 0 Å². The highest BCUT2D eigenvalue weighted by Crippen LogP contribution is 2.11. The second-order valence-electron chi connectivity index (χ2n) is 7.37. The molecular formula is C21H45N. The molecule has 0 radical (unpaired) electrons. The Balaban J connectivity index is 3.49. The summed E-state index contributed by atoms with van der Waals surface area (Å²) < 4.78 is 0. The van der Waals surface area contributed by atoms with E-state index in [4.69, 9.17) is 0 Å². The van der Waals surface area contributed by atoms with E-state index < -0.39 is 0 Å². The molecule has 0 aliphatic rings. The maximum absolute atomic E-state index is 2.71. The molecule has 0 spiro atoms. The first-order valence-electron chi connectivity index (χ1n) is 10.5. The molecule has 0 amide bonds. The van der Waals surface area contributed by atoms with Crippen LogP contribution < -0.4 is 0 Å². The van der Waals surface area contributed by atoms with Gasteiger partial charge in [0.25, 0.3) is 0 Å². The predicted molar refractivity (Wildman–Crippen MR) is 103 cm³/mol. The van der Waals surface area contributed by atoms with Crippen molar-refractivity contribution in [3.8, 4) is 0 Å². The number of rotatable bonds is 17. The van der Waals surface area contributed by atoms with Crippen LogP contribution in [-0.4, -0.2) is 24.0 Å². The molecule has 0 atom stereocenters. The van der Waals surface area contributed by atoms with Crippen molar-refractivity contribution in [1.29, 1.82) is 0 Å². The minimum absolute atomic E-state index is 0.722. The Kier molecular flexibility index (Phi) is 17.3. The summed E-state index contributed by atoms with van der Waals surface area (Å²) in [5, 5.41) is 0. The fourth-order valence-electron chi connectivity index (χ4n) is 3.17. The van der Waals surface area contributed by atoms with Gasteiger partial charge in [-0.1, -0.05) is 90.9 Å². The lowest BCUT2D eigenvalue weighted by Crippen LogP contribution is -2.32. The van der Waals surface area contributed by atoms with Crippen molar-refractivity contribution in [2.45, 2.75) is 124 Å². The van der Waals surface area contributed by atoms with Gasteiger partial charge >= 0.3 is 0 Å². The van der Waals surface area contributed by atoms with Crippen LogP contribution in [0.25, 0.3) is 0 Å². The van der Waals surface area contributed by atoms with Gasteiger partial charge in [-0.05, 0) is 39.8 Å². The summed E-state index contributed by atoms with van der Waals surface area (Å²) in [6.45, 7) is 12.0. The van der Waals surface area contributed by atoms with Crippen LogP contribution in [-0.2, 0) is 0 Å².